The van der Waals surface area contributed by atoms with Crippen LogP contribution in [0.1, 0.15) is 104 Å². The van der Waals surface area contributed by atoms with Crippen LogP contribution in [0, 0.1) is 0 Å². The van der Waals surface area contributed by atoms with E-state index in [1.54, 1.807) is 0 Å². The predicted molar refractivity (Wildman–Crippen MR) is 231 cm³/mol. The standard InChI is InChI=1S/C48H53BN2S/c1-11-12-14-31-17-23-35(24-18-31)50-39-15-13-16-40-44(39)49(38-27-21-34(30-41(38)50)48(8,9)10)43-37-29-33(47(5,6)7)22-28-42(37)52-45(43)51(40)36-25-19-32(20-26-36)46(2,3)4/h13,15-30H,11-12,14H2,1-10H3. The van der Waals surface area contributed by atoms with E-state index in [0.717, 1.165) is 6.42 Å². The summed E-state index contributed by atoms with van der Waals surface area (Å²) in [7, 11) is 0. The molecule has 8 rings (SSSR count). The molecule has 2 aliphatic rings. The molecular formula is C48H53BN2S. The van der Waals surface area contributed by atoms with Gasteiger partial charge in [-0.3, -0.25) is 0 Å². The maximum Gasteiger partial charge on any atom is 0.254 e. The van der Waals surface area contributed by atoms with E-state index in [2.05, 4.69) is 182 Å². The molecule has 0 bridgehead atoms. The molecule has 0 atom stereocenters. The van der Waals surface area contributed by atoms with Gasteiger partial charge in [-0.15, -0.1) is 11.3 Å². The molecule has 0 radical (unpaired) electrons. The first-order valence-corrected chi connectivity index (χ1v) is 20.1. The van der Waals surface area contributed by atoms with Crippen molar-refractivity contribution in [1.82, 2.24) is 0 Å². The maximum atomic E-state index is 2.57. The lowest BCUT2D eigenvalue weighted by Crippen LogP contribution is -2.61. The SMILES string of the molecule is CCCCc1ccc(N2c3cc(C(C)(C)C)ccc3B3c4c2cccc4N(c2ccc(C(C)(C)C)cc2)c2sc4ccc(C(C)(C)C)cc4c23)cc1. The molecule has 4 heteroatoms. The van der Waals surface area contributed by atoms with E-state index in [9.17, 15) is 0 Å². The summed E-state index contributed by atoms with van der Waals surface area (Å²) in [4.78, 5) is 5.13. The Balaban J connectivity index is 1.43. The van der Waals surface area contributed by atoms with Gasteiger partial charge in [0.1, 0.15) is 0 Å². The predicted octanol–water partition coefficient (Wildman–Crippen LogP) is 12.2. The van der Waals surface area contributed by atoms with Gasteiger partial charge in [-0.1, -0.05) is 130 Å². The van der Waals surface area contributed by atoms with Gasteiger partial charge in [0, 0.05) is 33.1 Å². The molecule has 0 saturated heterocycles. The van der Waals surface area contributed by atoms with Crippen molar-refractivity contribution in [2.45, 2.75) is 105 Å². The molecule has 0 amide bonds. The normalized spacial score (nSPS) is 14.1. The number of hydrogen-bond acceptors (Lipinski definition) is 3. The Labute approximate surface area is 316 Å². The van der Waals surface area contributed by atoms with Crippen LogP contribution in [0.3, 0.4) is 0 Å². The molecule has 0 saturated carbocycles. The van der Waals surface area contributed by atoms with Crippen LogP contribution < -0.4 is 26.2 Å². The molecule has 5 aromatic carbocycles. The number of nitrogens with zero attached hydrogens (tertiary/aromatic N) is 2. The maximum absolute atomic E-state index is 2.57. The fraction of sp³-hybridized carbons (Fsp3) is 0.333. The van der Waals surface area contributed by atoms with Gasteiger partial charge in [-0.25, -0.2) is 0 Å². The number of aryl methyl sites for hydroxylation is 1. The van der Waals surface area contributed by atoms with E-state index in [1.807, 2.05) is 11.3 Å². The number of unbranched alkanes of at least 4 members (excludes halogenated alkanes) is 1. The zero-order valence-electron chi connectivity index (χ0n) is 32.8. The van der Waals surface area contributed by atoms with Gasteiger partial charge in [0.15, 0.2) is 0 Å². The molecule has 6 aromatic rings. The van der Waals surface area contributed by atoms with Gasteiger partial charge >= 0.3 is 0 Å². The minimum atomic E-state index is 0.0251. The van der Waals surface area contributed by atoms with E-state index in [0.29, 0.717) is 0 Å². The van der Waals surface area contributed by atoms with Crippen LogP contribution in [0.4, 0.5) is 33.4 Å². The number of benzene rings is 5. The second kappa shape index (κ2) is 12.4. The highest BCUT2D eigenvalue weighted by Crippen LogP contribution is 2.48. The third-order valence-corrected chi connectivity index (χ3v) is 12.5. The summed E-state index contributed by atoms with van der Waals surface area (Å²) >= 11 is 1.94. The summed E-state index contributed by atoms with van der Waals surface area (Å²) < 4.78 is 1.35. The molecule has 0 unspecified atom stereocenters. The summed E-state index contributed by atoms with van der Waals surface area (Å²) in [5, 5.41) is 2.72. The third-order valence-electron chi connectivity index (χ3n) is 11.3. The van der Waals surface area contributed by atoms with E-state index < -0.39 is 0 Å². The summed E-state index contributed by atoms with van der Waals surface area (Å²) in [5.74, 6) is 0. The first-order chi connectivity index (χ1) is 24.6. The van der Waals surface area contributed by atoms with E-state index >= 15 is 0 Å². The van der Waals surface area contributed by atoms with Crippen molar-refractivity contribution < 1.29 is 0 Å². The first-order valence-electron chi connectivity index (χ1n) is 19.3. The number of anilines is 6. The van der Waals surface area contributed by atoms with Gasteiger partial charge in [0.25, 0.3) is 6.71 Å². The van der Waals surface area contributed by atoms with Gasteiger partial charge < -0.3 is 9.80 Å². The third kappa shape index (κ3) is 5.79. The van der Waals surface area contributed by atoms with Crippen molar-refractivity contribution in [2.24, 2.45) is 0 Å². The van der Waals surface area contributed by atoms with Crippen molar-refractivity contribution in [3.05, 3.63) is 125 Å². The molecule has 0 N–H and O–H groups in total. The molecule has 0 fully saturated rings. The van der Waals surface area contributed by atoms with Crippen molar-refractivity contribution in [3.8, 4) is 0 Å². The van der Waals surface area contributed by atoms with Crippen molar-refractivity contribution in [1.29, 1.82) is 0 Å². The number of thiophene rings is 1. The molecule has 3 heterocycles. The fourth-order valence-corrected chi connectivity index (χ4v) is 9.48. The lowest BCUT2D eigenvalue weighted by atomic mass is 9.33. The molecule has 0 aliphatic carbocycles. The largest absolute Gasteiger partial charge is 0.311 e. The monoisotopic (exact) mass is 700 g/mol. The van der Waals surface area contributed by atoms with Crippen LogP contribution in [-0.4, -0.2) is 6.71 Å². The summed E-state index contributed by atoms with van der Waals surface area (Å²) in [6, 6.07) is 40.3. The second-order valence-corrected chi connectivity index (χ2v) is 19.2. The number of fused-ring (bicyclic) bond motifs is 6. The van der Waals surface area contributed by atoms with Gasteiger partial charge in [0.05, 0.1) is 5.00 Å². The fourth-order valence-electron chi connectivity index (χ4n) is 8.22. The molecule has 52 heavy (non-hydrogen) atoms. The molecule has 264 valence electrons. The van der Waals surface area contributed by atoms with Gasteiger partial charge in [-0.2, -0.15) is 0 Å². The Bertz CT molecular complexity index is 2290. The average Bonchev–Trinajstić information content (AvgIpc) is 3.48. The van der Waals surface area contributed by atoms with Crippen molar-refractivity contribution >= 4 is 78.0 Å². The molecule has 2 nitrogen and oxygen atoms in total. The Morgan fingerprint density at radius 3 is 1.75 bits per heavy atom. The number of rotatable bonds is 5. The Hall–Kier alpha value is -4.28. The Morgan fingerprint density at radius 2 is 1.12 bits per heavy atom. The molecular weight excluding hydrogens is 647 g/mol. The zero-order chi connectivity index (χ0) is 36.7. The molecule has 0 spiro atoms. The van der Waals surface area contributed by atoms with Gasteiger partial charge in [-0.05, 0) is 122 Å². The van der Waals surface area contributed by atoms with Crippen LogP contribution in [0.15, 0.2) is 103 Å². The highest BCUT2D eigenvalue weighted by Gasteiger charge is 2.45. The quantitative estimate of drug-likeness (QED) is 0.165. The Morgan fingerprint density at radius 1 is 0.558 bits per heavy atom. The first kappa shape index (κ1) is 34.8. The summed E-state index contributed by atoms with van der Waals surface area (Å²) in [6.07, 6.45) is 3.55. The van der Waals surface area contributed by atoms with E-state index in [-0.39, 0.29) is 23.0 Å². The number of hydrogen-bond donors (Lipinski definition) is 0. The highest BCUT2D eigenvalue weighted by atomic mass is 32.1. The summed E-state index contributed by atoms with van der Waals surface area (Å²) in [5.41, 5.74) is 16.1. The van der Waals surface area contributed by atoms with Crippen LogP contribution in [0.25, 0.3) is 10.1 Å². The van der Waals surface area contributed by atoms with Crippen molar-refractivity contribution in [2.75, 3.05) is 9.80 Å². The summed E-state index contributed by atoms with van der Waals surface area (Å²) in [6.45, 7) is 23.3. The smallest absolute Gasteiger partial charge is 0.254 e. The van der Waals surface area contributed by atoms with Crippen molar-refractivity contribution in [3.63, 3.8) is 0 Å². The lowest BCUT2D eigenvalue weighted by Gasteiger charge is -2.43. The van der Waals surface area contributed by atoms with Crippen LogP contribution in [-0.2, 0) is 22.7 Å². The molecule has 1 aromatic heterocycles. The zero-order valence-corrected chi connectivity index (χ0v) is 33.6. The van der Waals surface area contributed by atoms with Crippen LogP contribution in [0.5, 0.6) is 0 Å². The molecule has 2 aliphatic heterocycles. The van der Waals surface area contributed by atoms with Crippen LogP contribution >= 0.6 is 11.3 Å². The van der Waals surface area contributed by atoms with E-state index in [1.165, 1.54) is 95.0 Å². The Kier molecular flexibility index (Phi) is 8.30. The van der Waals surface area contributed by atoms with Gasteiger partial charge in [0.2, 0.25) is 0 Å². The minimum absolute atomic E-state index is 0.0251. The average molecular weight is 701 g/mol. The lowest BCUT2D eigenvalue weighted by molar-refractivity contribution is 0.590. The highest BCUT2D eigenvalue weighted by molar-refractivity contribution is 7.26. The van der Waals surface area contributed by atoms with E-state index in [4.69, 9.17) is 0 Å². The topological polar surface area (TPSA) is 6.48 Å². The minimum Gasteiger partial charge on any atom is -0.311 e. The second-order valence-electron chi connectivity index (χ2n) is 18.2. The van der Waals surface area contributed by atoms with Crippen LogP contribution in [0.2, 0.25) is 0 Å².